The van der Waals surface area contributed by atoms with E-state index in [4.69, 9.17) is 14.2 Å². The number of rotatable bonds is 46. The number of nitrogens with one attached hydrogen (secondary N) is 1. The number of unbranched alkanes of at least 4 members (excludes halogenated alkanes) is 21. The van der Waals surface area contributed by atoms with Crippen LogP contribution in [0.5, 0.6) is 0 Å². The van der Waals surface area contributed by atoms with Gasteiger partial charge in [-0.25, -0.2) is 0 Å². The van der Waals surface area contributed by atoms with Crippen molar-refractivity contribution in [1.82, 2.24) is 5.32 Å². The number of aliphatic hydroxyl groups excluding tert-OH is 5. The zero-order chi connectivity index (χ0) is 51.0. The molecule has 0 aromatic rings. The van der Waals surface area contributed by atoms with Crippen molar-refractivity contribution in [3.8, 4) is 0 Å². The monoisotopic (exact) mass is 984 g/mol. The zero-order valence-electron chi connectivity index (χ0n) is 43.9. The van der Waals surface area contributed by atoms with E-state index in [1.165, 1.54) is 64.2 Å². The highest BCUT2D eigenvalue weighted by molar-refractivity contribution is 5.76. The van der Waals surface area contributed by atoms with E-state index in [-0.39, 0.29) is 18.5 Å². The number of aliphatic hydroxyl groups is 5. The van der Waals surface area contributed by atoms with Crippen LogP contribution in [0.1, 0.15) is 213 Å². The summed E-state index contributed by atoms with van der Waals surface area (Å²) in [6.45, 7) is 3.98. The van der Waals surface area contributed by atoms with Gasteiger partial charge in [0, 0.05) is 12.8 Å². The molecular weight excluding hydrogens is 883 g/mol. The smallest absolute Gasteiger partial charge is 0.305 e. The van der Waals surface area contributed by atoms with Gasteiger partial charge >= 0.3 is 5.97 Å². The molecule has 7 unspecified atom stereocenters. The molecule has 0 saturated carbocycles. The normalized spacial score (nSPS) is 19.9. The Morgan fingerprint density at radius 2 is 1.03 bits per heavy atom. The summed E-state index contributed by atoms with van der Waals surface area (Å²) in [5, 5.41) is 54.1. The third-order valence-corrected chi connectivity index (χ3v) is 12.5. The van der Waals surface area contributed by atoms with E-state index in [0.29, 0.717) is 25.9 Å². The minimum atomic E-state index is -1.59. The molecular formula is C59H101NO10. The molecule has 11 heteroatoms. The molecule has 0 bridgehead atoms. The van der Waals surface area contributed by atoms with Crippen molar-refractivity contribution in [1.29, 1.82) is 0 Å². The lowest BCUT2D eigenvalue weighted by Gasteiger charge is -2.40. The Hall–Kier alpha value is -3.16. The van der Waals surface area contributed by atoms with E-state index in [0.717, 1.165) is 116 Å². The van der Waals surface area contributed by atoms with E-state index in [9.17, 15) is 35.1 Å². The lowest BCUT2D eigenvalue weighted by Crippen LogP contribution is -2.60. The van der Waals surface area contributed by atoms with E-state index >= 15 is 0 Å². The summed E-state index contributed by atoms with van der Waals surface area (Å²) in [6, 6.07) is -0.848. The largest absolute Gasteiger partial charge is 0.466 e. The molecule has 1 amide bonds. The van der Waals surface area contributed by atoms with Crippen molar-refractivity contribution in [3.05, 3.63) is 85.1 Å². The molecule has 1 heterocycles. The standard InChI is InChI=1S/C59H101NO10/c1-3-5-7-9-11-13-14-15-16-21-24-27-31-35-39-43-47-55(64)68-48-44-40-36-32-28-25-22-19-17-18-20-23-26-30-34-38-42-46-54(63)60-51(52(62)45-41-37-33-29-12-10-8-6-4-2)50-69-59-58(67)57(66)56(65)53(49-61)70-59/h4,6,12-14,16-17,19,21,25,28-29,41,45,51-53,56-59,61-62,65-67H,3,5,7-11,15,18,20,22-24,26-27,30-40,42-44,46-50H2,1-2H3,(H,60,63)/b6-4+,14-13-,19-17-,21-16-,28-25-,29-12+,45-41+. The average molecular weight is 984 g/mol. The number of ether oxygens (including phenoxy) is 3. The van der Waals surface area contributed by atoms with Crippen LogP contribution in [-0.4, -0.2) is 100 Å². The van der Waals surface area contributed by atoms with Crippen LogP contribution in [0.15, 0.2) is 85.1 Å². The summed E-state index contributed by atoms with van der Waals surface area (Å²) < 4.78 is 16.6. The van der Waals surface area contributed by atoms with E-state index < -0.39 is 49.5 Å². The Kier molecular flexibility index (Phi) is 44.6. The molecule has 0 aromatic heterocycles. The van der Waals surface area contributed by atoms with Crippen LogP contribution < -0.4 is 5.32 Å². The molecule has 0 radical (unpaired) electrons. The molecule has 1 rings (SSSR count). The molecule has 1 fully saturated rings. The number of hydrogen-bond acceptors (Lipinski definition) is 10. The molecule has 1 aliphatic rings. The number of carbonyl (C=O) groups excluding carboxylic acids is 2. The summed E-state index contributed by atoms with van der Waals surface area (Å²) in [5.74, 6) is -0.268. The summed E-state index contributed by atoms with van der Waals surface area (Å²) in [6.07, 6.45) is 54.1. The zero-order valence-corrected chi connectivity index (χ0v) is 43.9. The van der Waals surface area contributed by atoms with Crippen molar-refractivity contribution >= 4 is 11.9 Å². The van der Waals surface area contributed by atoms with E-state index in [1.54, 1.807) is 6.08 Å². The first-order valence-corrected chi connectivity index (χ1v) is 27.8. The summed E-state index contributed by atoms with van der Waals surface area (Å²) >= 11 is 0. The third-order valence-electron chi connectivity index (χ3n) is 12.5. The van der Waals surface area contributed by atoms with Gasteiger partial charge in [0.1, 0.15) is 24.4 Å². The first-order valence-electron chi connectivity index (χ1n) is 27.8. The molecule has 0 aromatic carbocycles. The van der Waals surface area contributed by atoms with Crippen LogP contribution in [0.2, 0.25) is 0 Å². The number of allylic oxidation sites excluding steroid dienone is 13. The fourth-order valence-corrected chi connectivity index (χ4v) is 8.06. The topological polar surface area (TPSA) is 175 Å². The molecule has 7 atom stereocenters. The number of hydrogen-bond donors (Lipinski definition) is 6. The molecule has 11 nitrogen and oxygen atoms in total. The second-order valence-electron chi connectivity index (χ2n) is 18.9. The van der Waals surface area contributed by atoms with Crippen LogP contribution >= 0.6 is 0 Å². The van der Waals surface area contributed by atoms with Gasteiger partial charge in [-0.1, -0.05) is 163 Å². The Balaban J connectivity index is 2.10. The third kappa shape index (κ3) is 37.6. The minimum absolute atomic E-state index is 0.0488. The number of amides is 1. The molecule has 70 heavy (non-hydrogen) atoms. The minimum Gasteiger partial charge on any atom is -0.466 e. The van der Waals surface area contributed by atoms with Crippen LogP contribution in [0.3, 0.4) is 0 Å². The van der Waals surface area contributed by atoms with Crippen molar-refractivity contribution in [2.75, 3.05) is 19.8 Å². The van der Waals surface area contributed by atoms with Crippen molar-refractivity contribution in [2.24, 2.45) is 0 Å². The Morgan fingerprint density at radius 1 is 0.557 bits per heavy atom. The number of carbonyl (C=O) groups is 2. The van der Waals surface area contributed by atoms with E-state index in [2.05, 4.69) is 79.1 Å². The van der Waals surface area contributed by atoms with Crippen LogP contribution in [-0.2, 0) is 23.8 Å². The first kappa shape index (κ1) is 64.9. The van der Waals surface area contributed by atoms with Gasteiger partial charge in [0.2, 0.25) is 5.91 Å². The van der Waals surface area contributed by atoms with Gasteiger partial charge in [0.05, 0.1) is 32.0 Å². The lowest BCUT2D eigenvalue weighted by atomic mass is 9.99. The molecule has 6 N–H and O–H groups in total. The van der Waals surface area contributed by atoms with E-state index in [1.807, 2.05) is 19.1 Å². The molecule has 1 saturated heterocycles. The van der Waals surface area contributed by atoms with Crippen LogP contribution in [0.4, 0.5) is 0 Å². The molecule has 0 spiro atoms. The predicted molar refractivity (Wildman–Crippen MR) is 287 cm³/mol. The summed E-state index contributed by atoms with van der Waals surface area (Å²) in [4.78, 5) is 25.0. The summed E-state index contributed by atoms with van der Waals surface area (Å²) in [5.41, 5.74) is 0. The van der Waals surface area contributed by atoms with Crippen LogP contribution in [0, 0.1) is 0 Å². The first-order chi connectivity index (χ1) is 34.2. The second kappa shape index (κ2) is 48.1. The van der Waals surface area contributed by atoms with Gasteiger partial charge in [-0.05, 0) is 122 Å². The Morgan fingerprint density at radius 3 is 1.57 bits per heavy atom. The van der Waals surface area contributed by atoms with Gasteiger partial charge < -0.3 is 45.1 Å². The Labute approximate surface area is 425 Å². The fourth-order valence-electron chi connectivity index (χ4n) is 8.06. The lowest BCUT2D eigenvalue weighted by molar-refractivity contribution is -0.302. The molecule has 0 aliphatic carbocycles. The summed E-state index contributed by atoms with van der Waals surface area (Å²) in [7, 11) is 0. The van der Waals surface area contributed by atoms with Crippen molar-refractivity contribution in [2.45, 2.75) is 256 Å². The maximum atomic E-state index is 13.0. The highest BCUT2D eigenvalue weighted by Crippen LogP contribution is 2.22. The maximum absolute atomic E-state index is 13.0. The maximum Gasteiger partial charge on any atom is 0.305 e. The molecule has 1 aliphatic heterocycles. The highest BCUT2D eigenvalue weighted by atomic mass is 16.7. The quantitative estimate of drug-likeness (QED) is 0.0196. The number of esters is 1. The Bertz CT molecular complexity index is 1440. The molecule has 402 valence electrons. The second-order valence-corrected chi connectivity index (χ2v) is 18.9. The predicted octanol–water partition coefficient (Wildman–Crippen LogP) is 12.2. The van der Waals surface area contributed by atoms with Gasteiger partial charge in [0.15, 0.2) is 6.29 Å². The van der Waals surface area contributed by atoms with Gasteiger partial charge in [-0.2, -0.15) is 0 Å². The average Bonchev–Trinajstić information content (AvgIpc) is 3.36. The van der Waals surface area contributed by atoms with Gasteiger partial charge in [-0.15, -0.1) is 0 Å². The van der Waals surface area contributed by atoms with Crippen molar-refractivity contribution in [3.63, 3.8) is 0 Å². The van der Waals surface area contributed by atoms with Crippen molar-refractivity contribution < 1.29 is 49.3 Å². The van der Waals surface area contributed by atoms with Gasteiger partial charge in [0.25, 0.3) is 0 Å². The van der Waals surface area contributed by atoms with Gasteiger partial charge in [-0.3, -0.25) is 9.59 Å². The van der Waals surface area contributed by atoms with Crippen LogP contribution in [0.25, 0.3) is 0 Å². The highest BCUT2D eigenvalue weighted by Gasteiger charge is 2.44. The fraction of sp³-hybridized carbons (Fsp3) is 0.729. The SMILES string of the molecule is C/C=C/CC/C=C/CC/C=C/C(O)C(COC1OC(CO)C(O)C(O)C1O)NC(=O)CCCCCCCCC/C=C\C/C=C\CCCCCOC(=O)CCCCCCC/C=C\C/C=C\CCCCCC.